The third-order valence-electron chi connectivity index (χ3n) is 3.39. The van der Waals surface area contributed by atoms with Gasteiger partial charge in [0.2, 0.25) is 0 Å². The number of nitrogens with zero attached hydrogens (tertiary/aromatic N) is 1. The average molecular weight is 262 g/mol. The van der Waals surface area contributed by atoms with Crippen molar-refractivity contribution in [1.29, 1.82) is 0 Å². The average Bonchev–Trinajstić information content (AvgIpc) is 2.88. The summed E-state index contributed by atoms with van der Waals surface area (Å²) in [5, 5.41) is 3.26. The van der Waals surface area contributed by atoms with Crippen molar-refractivity contribution in [3.8, 4) is 0 Å². The van der Waals surface area contributed by atoms with Gasteiger partial charge in [-0.2, -0.15) is 0 Å². The van der Waals surface area contributed by atoms with Crippen molar-refractivity contribution in [3.05, 3.63) is 30.2 Å². The Labute approximate surface area is 111 Å². The number of benzene rings is 1. The predicted octanol–water partition coefficient (Wildman–Crippen LogP) is 1.37. The van der Waals surface area contributed by atoms with Crippen LogP contribution < -0.4 is 5.32 Å². The minimum absolute atomic E-state index is 0.0498. The van der Waals surface area contributed by atoms with Crippen LogP contribution >= 0.6 is 0 Å². The van der Waals surface area contributed by atoms with Crippen LogP contribution in [0.3, 0.4) is 0 Å². The van der Waals surface area contributed by atoms with Crippen LogP contribution in [0.5, 0.6) is 0 Å². The second kappa shape index (κ2) is 5.69. The molecule has 2 aromatic rings. The van der Waals surface area contributed by atoms with Gasteiger partial charge in [-0.05, 0) is 19.2 Å². The van der Waals surface area contributed by atoms with Gasteiger partial charge in [-0.1, -0.05) is 12.1 Å². The summed E-state index contributed by atoms with van der Waals surface area (Å²) in [5.74, 6) is 0.731. The van der Waals surface area contributed by atoms with Crippen LogP contribution in [0.15, 0.2) is 28.7 Å². The van der Waals surface area contributed by atoms with E-state index in [-0.39, 0.29) is 12.1 Å². The van der Waals surface area contributed by atoms with Gasteiger partial charge in [0.25, 0.3) is 0 Å². The highest BCUT2D eigenvalue weighted by atomic mass is 16.6. The van der Waals surface area contributed by atoms with Gasteiger partial charge in [0, 0.05) is 12.5 Å². The summed E-state index contributed by atoms with van der Waals surface area (Å²) in [4.78, 5) is 4.49. The van der Waals surface area contributed by atoms with E-state index in [4.69, 9.17) is 13.9 Å². The highest BCUT2D eigenvalue weighted by Crippen LogP contribution is 2.17. The van der Waals surface area contributed by atoms with Crippen molar-refractivity contribution in [2.45, 2.75) is 18.6 Å². The number of nitrogens with one attached hydrogen (secondary N) is 1. The lowest BCUT2D eigenvalue weighted by atomic mass is 10.1. The number of likely N-dealkylation sites (N-methyl/N-ethyl adjacent to an activating group) is 1. The zero-order valence-electron chi connectivity index (χ0n) is 11.0. The van der Waals surface area contributed by atoms with Crippen molar-refractivity contribution in [2.75, 3.05) is 26.9 Å². The van der Waals surface area contributed by atoms with Gasteiger partial charge in [0.15, 0.2) is 11.5 Å². The summed E-state index contributed by atoms with van der Waals surface area (Å²) in [7, 11) is 1.92. The molecule has 1 aromatic heterocycles. The number of hydrogen-bond donors (Lipinski definition) is 1. The first-order chi connectivity index (χ1) is 9.36. The van der Waals surface area contributed by atoms with E-state index < -0.39 is 0 Å². The Balaban J connectivity index is 1.74. The van der Waals surface area contributed by atoms with E-state index in [0.29, 0.717) is 26.2 Å². The van der Waals surface area contributed by atoms with E-state index in [0.717, 1.165) is 17.0 Å². The maximum Gasteiger partial charge on any atom is 0.197 e. The Hall–Kier alpha value is -1.43. The number of para-hydroxylation sites is 2. The molecule has 5 heteroatoms. The van der Waals surface area contributed by atoms with Crippen molar-refractivity contribution in [1.82, 2.24) is 10.3 Å². The fraction of sp³-hybridized carbons (Fsp3) is 0.500. The number of fused-ring (bicyclic) bond motifs is 1. The third kappa shape index (κ3) is 2.78. The standard InChI is InChI=1S/C14H18N2O3/c1-15-11(13-9-17-6-7-18-13)8-14-16-10-4-2-3-5-12(10)19-14/h2-5,11,13,15H,6-9H2,1H3. The van der Waals surface area contributed by atoms with Crippen molar-refractivity contribution in [2.24, 2.45) is 0 Å². The monoisotopic (exact) mass is 262 g/mol. The van der Waals surface area contributed by atoms with Crippen LogP contribution in [0.4, 0.5) is 0 Å². The smallest absolute Gasteiger partial charge is 0.197 e. The molecule has 5 nitrogen and oxygen atoms in total. The number of ether oxygens (including phenoxy) is 2. The van der Waals surface area contributed by atoms with Crippen LogP contribution in [-0.2, 0) is 15.9 Å². The largest absolute Gasteiger partial charge is 0.441 e. The molecular formula is C14H18N2O3. The summed E-state index contributed by atoms with van der Waals surface area (Å²) in [6.07, 6.45) is 0.743. The van der Waals surface area contributed by atoms with Crippen LogP contribution in [0, 0.1) is 0 Å². The summed E-state index contributed by atoms with van der Waals surface area (Å²) in [5.41, 5.74) is 1.72. The Kier molecular flexibility index (Phi) is 3.77. The number of hydrogen-bond acceptors (Lipinski definition) is 5. The molecule has 0 radical (unpaired) electrons. The first-order valence-electron chi connectivity index (χ1n) is 6.58. The molecular weight excluding hydrogens is 244 g/mol. The SMILES string of the molecule is CNC(Cc1nc2ccccc2o1)C1COCCO1. The molecule has 2 atom stereocenters. The fourth-order valence-electron chi connectivity index (χ4n) is 2.35. The Morgan fingerprint density at radius 3 is 3.00 bits per heavy atom. The van der Waals surface area contributed by atoms with E-state index in [1.165, 1.54) is 0 Å². The summed E-state index contributed by atoms with van der Waals surface area (Å²) in [6, 6.07) is 7.94. The first-order valence-corrected chi connectivity index (χ1v) is 6.58. The van der Waals surface area contributed by atoms with Gasteiger partial charge in [0.05, 0.1) is 25.9 Å². The molecule has 1 saturated heterocycles. The molecule has 2 unspecified atom stereocenters. The lowest BCUT2D eigenvalue weighted by Crippen LogP contribution is -2.46. The summed E-state index contributed by atoms with van der Waals surface area (Å²) in [6.45, 7) is 1.94. The lowest BCUT2D eigenvalue weighted by Gasteiger charge is -2.29. The van der Waals surface area contributed by atoms with E-state index >= 15 is 0 Å². The zero-order valence-corrected chi connectivity index (χ0v) is 11.0. The van der Waals surface area contributed by atoms with E-state index in [9.17, 15) is 0 Å². The normalized spacial score (nSPS) is 21.6. The second-order valence-corrected chi connectivity index (χ2v) is 4.66. The summed E-state index contributed by atoms with van der Waals surface area (Å²) >= 11 is 0. The summed E-state index contributed by atoms with van der Waals surface area (Å²) < 4.78 is 16.9. The number of aromatic nitrogens is 1. The molecule has 19 heavy (non-hydrogen) atoms. The van der Waals surface area contributed by atoms with Crippen LogP contribution in [0.1, 0.15) is 5.89 Å². The van der Waals surface area contributed by atoms with E-state index in [1.54, 1.807) is 0 Å². The maximum absolute atomic E-state index is 5.74. The van der Waals surface area contributed by atoms with Crippen LogP contribution in [0.2, 0.25) is 0 Å². The van der Waals surface area contributed by atoms with Gasteiger partial charge in [-0.25, -0.2) is 4.98 Å². The fourth-order valence-corrected chi connectivity index (χ4v) is 2.35. The highest BCUT2D eigenvalue weighted by molar-refractivity contribution is 5.72. The molecule has 0 aliphatic carbocycles. The van der Waals surface area contributed by atoms with Gasteiger partial charge >= 0.3 is 0 Å². The Morgan fingerprint density at radius 1 is 1.37 bits per heavy atom. The van der Waals surface area contributed by atoms with Gasteiger partial charge < -0.3 is 19.2 Å². The number of rotatable bonds is 4. The second-order valence-electron chi connectivity index (χ2n) is 4.66. The van der Waals surface area contributed by atoms with Gasteiger partial charge in [-0.3, -0.25) is 0 Å². The Morgan fingerprint density at radius 2 is 2.26 bits per heavy atom. The predicted molar refractivity (Wildman–Crippen MR) is 71.1 cm³/mol. The molecule has 102 valence electrons. The lowest BCUT2D eigenvalue weighted by molar-refractivity contribution is -0.101. The molecule has 1 aromatic carbocycles. The van der Waals surface area contributed by atoms with E-state index in [2.05, 4.69) is 10.3 Å². The van der Waals surface area contributed by atoms with Crippen molar-refractivity contribution >= 4 is 11.1 Å². The zero-order chi connectivity index (χ0) is 13.1. The van der Waals surface area contributed by atoms with Gasteiger partial charge in [-0.15, -0.1) is 0 Å². The molecule has 0 spiro atoms. The quantitative estimate of drug-likeness (QED) is 0.902. The molecule has 1 aliphatic heterocycles. The molecule has 2 heterocycles. The van der Waals surface area contributed by atoms with Crippen LogP contribution in [-0.4, -0.2) is 44.0 Å². The number of oxazole rings is 1. The van der Waals surface area contributed by atoms with Crippen molar-refractivity contribution in [3.63, 3.8) is 0 Å². The molecule has 3 rings (SSSR count). The minimum atomic E-state index is 0.0498. The Bertz CT molecular complexity index is 501. The third-order valence-corrected chi connectivity index (χ3v) is 3.39. The van der Waals surface area contributed by atoms with E-state index in [1.807, 2.05) is 31.3 Å². The molecule has 1 N–H and O–H groups in total. The maximum atomic E-state index is 5.74. The minimum Gasteiger partial charge on any atom is -0.441 e. The topological polar surface area (TPSA) is 56.5 Å². The molecule has 1 aliphatic rings. The molecule has 0 amide bonds. The molecule has 1 fully saturated rings. The first kappa shape index (κ1) is 12.6. The molecule has 0 saturated carbocycles. The highest BCUT2D eigenvalue weighted by Gasteiger charge is 2.25. The molecule has 0 bridgehead atoms. The van der Waals surface area contributed by atoms with Crippen molar-refractivity contribution < 1.29 is 13.9 Å². The van der Waals surface area contributed by atoms with Gasteiger partial charge in [0.1, 0.15) is 5.52 Å². The van der Waals surface area contributed by atoms with Crippen LogP contribution in [0.25, 0.3) is 11.1 Å².